The van der Waals surface area contributed by atoms with Crippen LogP contribution >= 0.6 is 0 Å². The second-order valence-electron chi connectivity index (χ2n) is 3.52. The Balaban J connectivity index is 2.59. The van der Waals surface area contributed by atoms with E-state index in [-0.39, 0.29) is 12.4 Å². The molecule has 4 nitrogen and oxygen atoms in total. The van der Waals surface area contributed by atoms with Gasteiger partial charge in [0, 0.05) is 6.26 Å². The molecule has 0 amide bonds. The number of benzene rings is 1. The average molecular weight is 229 g/mol. The molecular weight excluding hydrogens is 214 g/mol. The van der Waals surface area contributed by atoms with E-state index in [1.807, 2.05) is 13.0 Å². The van der Waals surface area contributed by atoms with Crippen molar-refractivity contribution >= 4 is 15.5 Å². The molecule has 0 heterocycles. The summed E-state index contributed by atoms with van der Waals surface area (Å²) in [6.45, 7) is 2.06. The van der Waals surface area contributed by atoms with Gasteiger partial charge in [0.25, 0.3) is 0 Å². The first kappa shape index (κ1) is 11.8. The van der Waals surface area contributed by atoms with E-state index in [1.54, 1.807) is 12.1 Å². The lowest BCUT2D eigenvalue weighted by molar-refractivity contribution is 0.343. The van der Waals surface area contributed by atoms with Gasteiger partial charge in [-0.25, -0.2) is 8.42 Å². The molecule has 1 aromatic carbocycles. The van der Waals surface area contributed by atoms with Gasteiger partial charge in [-0.05, 0) is 24.6 Å². The lowest BCUT2D eigenvalue weighted by Crippen LogP contribution is -2.12. The number of aryl methyl sites for hydroxylation is 1. The minimum Gasteiger partial charge on any atom is -0.490 e. The van der Waals surface area contributed by atoms with E-state index in [4.69, 9.17) is 10.5 Å². The van der Waals surface area contributed by atoms with Crippen LogP contribution in [0.4, 0.5) is 5.69 Å². The molecule has 0 aliphatic heterocycles. The Morgan fingerprint density at radius 3 is 2.60 bits per heavy atom. The lowest BCUT2D eigenvalue weighted by atomic mass is 10.2. The van der Waals surface area contributed by atoms with Crippen LogP contribution in [0.2, 0.25) is 0 Å². The Morgan fingerprint density at radius 2 is 2.07 bits per heavy atom. The van der Waals surface area contributed by atoms with Crippen molar-refractivity contribution < 1.29 is 13.2 Å². The van der Waals surface area contributed by atoms with Crippen molar-refractivity contribution in [2.45, 2.75) is 6.92 Å². The zero-order valence-corrected chi connectivity index (χ0v) is 9.67. The fourth-order valence-electron chi connectivity index (χ4n) is 1.10. The molecule has 0 saturated carbocycles. The molecule has 0 atom stereocenters. The molecule has 0 unspecified atom stereocenters. The number of rotatable bonds is 4. The van der Waals surface area contributed by atoms with Crippen LogP contribution in [0.5, 0.6) is 5.75 Å². The summed E-state index contributed by atoms with van der Waals surface area (Å²) in [6, 6.07) is 5.40. The Bertz CT molecular complexity index is 440. The first-order valence-corrected chi connectivity index (χ1v) is 6.61. The molecule has 0 bridgehead atoms. The molecule has 84 valence electrons. The highest BCUT2D eigenvalue weighted by molar-refractivity contribution is 7.90. The Hall–Kier alpha value is -1.23. The summed E-state index contributed by atoms with van der Waals surface area (Å²) in [5.41, 5.74) is 7.27. The van der Waals surface area contributed by atoms with Crippen molar-refractivity contribution in [3.8, 4) is 5.75 Å². The second kappa shape index (κ2) is 4.53. The van der Waals surface area contributed by atoms with Gasteiger partial charge in [-0.1, -0.05) is 6.07 Å². The molecule has 0 aromatic heterocycles. The summed E-state index contributed by atoms with van der Waals surface area (Å²) >= 11 is 0. The second-order valence-corrected chi connectivity index (χ2v) is 5.78. The Labute approximate surface area is 90.0 Å². The number of anilines is 1. The minimum absolute atomic E-state index is 0.000314. The van der Waals surface area contributed by atoms with Crippen LogP contribution in [0.1, 0.15) is 5.56 Å². The van der Waals surface area contributed by atoms with Gasteiger partial charge in [0.05, 0.1) is 11.4 Å². The van der Waals surface area contributed by atoms with Crippen molar-refractivity contribution in [2.24, 2.45) is 0 Å². The van der Waals surface area contributed by atoms with Crippen molar-refractivity contribution in [1.29, 1.82) is 0 Å². The zero-order chi connectivity index (χ0) is 11.5. The zero-order valence-electron chi connectivity index (χ0n) is 8.86. The fourth-order valence-corrected chi connectivity index (χ4v) is 1.49. The van der Waals surface area contributed by atoms with Crippen LogP contribution in [0.25, 0.3) is 0 Å². The maximum atomic E-state index is 10.8. The molecular formula is C10H15NO3S. The van der Waals surface area contributed by atoms with Crippen LogP contribution < -0.4 is 10.5 Å². The third-order valence-corrected chi connectivity index (χ3v) is 2.79. The van der Waals surface area contributed by atoms with Crippen molar-refractivity contribution in [3.05, 3.63) is 23.8 Å². The number of nitrogen functional groups attached to an aromatic ring is 1. The molecule has 1 rings (SSSR count). The normalized spacial score (nSPS) is 11.3. The van der Waals surface area contributed by atoms with E-state index in [2.05, 4.69) is 0 Å². The van der Waals surface area contributed by atoms with E-state index in [0.717, 1.165) is 5.56 Å². The molecule has 15 heavy (non-hydrogen) atoms. The van der Waals surface area contributed by atoms with Gasteiger partial charge in [0.15, 0.2) is 9.84 Å². The molecule has 0 aliphatic rings. The number of ether oxygens (including phenoxy) is 1. The maximum Gasteiger partial charge on any atom is 0.150 e. The van der Waals surface area contributed by atoms with Gasteiger partial charge in [-0.2, -0.15) is 0 Å². The van der Waals surface area contributed by atoms with E-state index in [0.29, 0.717) is 11.4 Å². The Kier molecular flexibility index (Phi) is 3.57. The first-order chi connectivity index (χ1) is 6.88. The average Bonchev–Trinajstić information content (AvgIpc) is 2.07. The molecule has 0 radical (unpaired) electrons. The van der Waals surface area contributed by atoms with Crippen LogP contribution in [-0.2, 0) is 9.84 Å². The first-order valence-electron chi connectivity index (χ1n) is 4.55. The van der Waals surface area contributed by atoms with Gasteiger partial charge in [0.1, 0.15) is 12.4 Å². The molecule has 0 saturated heterocycles. The quantitative estimate of drug-likeness (QED) is 0.782. The van der Waals surface area contributed by atoms with Gasteiger partial charge < -0.3 is 10.5 Å². The number of hydrogen-bond donors (Lipinski definition) is 1. The van der Waals surface area contributed by atoms with Gasteiger partial charge in [-0.15, -0.1) is 0 Å². The van der Waals surface area contributed by atoms with E-state index >= 15 is 0 Å². The third kappa shape index (κ3) is 4.20. The predicted molar refractivity (Wildman–Crippen MR) is 60.8 cm³/mol. The highest BCUT2D eigenvalue weighted by Gasteiger charge is 2.04. The third-order valence-electron chi connectivity index (χ3n) is 1.88. The summed E-state index contributed by atoms with van der Waals surface area (Å²) in [7, 11) is -2.98. The van der Waals surface area contributed by atoms with E-state index < -0.39 is 9.84 Å². The SMILES string of the molecule is Cc1ccc(OCCS(C)(=O)=O)c(N)c1. The summed E-state index contributed by atoms with van der Waals surface area (Å²) in [5.74, 6) is 0.532. The minimum atomic E-state index is -2.98. The molecule has 0 aliphatic carbocycles. The molecule has 5 heteroatoms. The summed E-state index contributed by atoms with van der Waals surface area (Å²) in [5, 5.41) is 0. The van der Waals surface area contributed by atoms with Crippen LogP contribution in [0.15, 0.2) is 18.2 Å². The summed E-state index contributed by atoms with van der Waals surface area (Å²) < 4.78 is 27.0. The largest absolute Gasteiger partial charge is 0.490 e. The smallest absolute Gasteiger partial charge is 0.150 e. The monoisotopic (exact) mass is 229 g/mol. The fraction of sp³-hybridized carbons (Fsp3) is 0.400. The standard InChI is InChI=1S/C10H15NO3S/c1-8-3-4-10(9(11)7-8)14-5-6-15(2,12)13/h3-4,7H,5-6,11H2,1-2H3. The van der Waals surface area contributed by atoms with Crippen LogP contribution in [0, 0.1) is 6.92 Å². The predicted octanol–water partition coefficient (Wildman–Crippen LogP) is 1.00. The number of sulfone groups is 1. The van der Waals surface area contributed by atoms with Gasteiger partial charge in [-0.3, -0.25) is 0 Å². The maximum absolute atomic E-state index is 10.8. The summed E-state index contributed by atoms with van der Waals surface area (Å²) in [4.78, 5) is 0. The van der Waals surface area contributed by atoms with Gasteiger partial charge >= 0.3 is 0 Å². The van der Waals surface area contributed by atoms with Crippen molar-refractivity contribution in [3.63, 3.8) is 0 Å². The highest BCUT2D eigenvalue weighted by Crippen LogP contribution is 2.21. The molecule has 0 spiro atoms. The van der Waals surface area contributed by atoms with Crippen molar-refractivity contribution in [1.82, 2.24) is 0 Å². The van der Waals surface area contributed by atoms with Crippen LogP contribution in [-0.4, -0.2) is 27.0 Å². The van der Waals surface area contributed by atoms with E-state index in [1.165, 1.54) is 6.26 Å². The number of nitrogens with two attached hydrogens (primary N) is 1. The lowest BCUT2D eigenvalue weighted by Gasteiger charge is -2.08. The highest BCUT2D eigenvalue weighted by atomic mass is 32.2. The van der Waals surface area contributed by atoms with Crippen molar-refractivity contribution in [2.75, 3.05) is 24.3 Å². The molecule has 1 aromatic rings. The molecule has 0 fully saturated rings. The summed E-state index contributed by atoms with van der Waals surface area (Å²) in [6.07, 6.45) is 1.18. The number of hydrogen-bond acceptors (Lipinski definition) is 4. The molecule has 2 N–H and O–H groups in total. The topological polar surface area (TPSA) is 69.4 Å². The van der Waals surface area contributed by atoms with Crippen LogP contribution in [0.3, 0.4) is 0 Å². The van der Waals surface area contributed by atoms with E-state index in [9.17, 15) is 8.42 Å². The van der Waals surface area contributed by atoms with Gasteiger partial charge in [0.2, 0.25) is 0 Å². The Morgan fingerprint density at radius 1 is 1.40 bits per heavy atom.